The van der Waals surface area contributed by atoms with Crippen molar-refractivity contribution in [3.8, 4) is 0 Å². The summed E-state index contributed by atoms with van der Waals surface area (Å²) in [6, 6.07) is 7.24. The number of pyridine rings is 1. The number of hydrogen-bond donors (Lipinski definition) is 1. The first-order valence-corrected chi connectivity index (χ1v) is 13.0. The lowest BCUT2D eigenvalue weighted by molar-refractivity contribution is -0.119. The van der Waals surface area contributed by atoms with E-state index in [1.54, 1.807) is 30.1 Å². The van der Waals surface area contributed by atoms with Gasteiger partial charge in [-0.2, -0.15) is 0 Å². The maximum Gasteiger partial charge on any atom is 0.257 e. The van der Waals surface area contributed by atoms with Crippen LogP contribution in [0.1, 0.15) is 65.3 Å². The van der Waals surface area contributed by atoms with Crippen molar-refractivity contribution in [3.63, 3.8) is 0 Å². The summed E-state index contributed by atoms with van der Waals surface area (Å²) in [5.74, 6) is 0.538. The molecule has 7 nitrogen and oxygen atoms in total. The minimum Gasteiger partial charge on any atom is -0.354 e. The first-order valence-electron chi connectivity index (χ1n) is 11.1. The van der Waals surface area contributed by atoms with Crippen molar-refractivity contribution in [1.82, 2.24) is 9.88 Å². The lowest BCUT2D eigenvalue weighted by Crippen LogP contribution is -2.18. The third kappa shape index (κ3) is 3.92. The fraction of sp³-hybridized carbons (Fsp3) is 0.458. The van der Waals surface area contributed by atoms with E-state index in [-0.39, 0.29) is 28.9 Å². The summed E-state index contributed by atoms with van der Waals surface area (Å²) in [6.07, 6.45) is 6.61. The molecule has 0 atom stereocenters. The van der Waals surface area contributed by atoms with Gasteiger partial charge in [-0.25, -0.2) is 8.42 Å². The normalized spacial score (nSPS) is 18.4. The molecule has 0 unspecified atom stereocenters. The molecule has 2 heterocycles. The van der Waals surface area contributed by atoms with Gasteiger partial charge in [0.25, 0.3) is 5.91 Å². The highest BCUT2D eigenvalue weighted by Gasteiger charge is 2.33. The van der Waals surface area contributed by atoms with Crippen molar-refractivity contribution >= 4 is 32.9 Å². The van der Waals surface area contributed by atoms with Gasteiger partial charge in [0.2, 0.25) is 0 Å². The zero-order valence-electron chi connectivity index (χ0n) is 18.3. The lowest BCUT2D eigenvalue weighted by atomic mass is 9.80. The van der Waals surface area contributed by atoms with Gasteiger partial charge in [-0.15, -0.1) is 0 Å². The smallest absolute Gasteiger partial charge is 0.257 e. The summed E-state index contributed by atoms with van der Waals surface area (Å²) < 4.78 is 25.2. The van der Waals surface area contributed by atoms with Crippen molar-refractivity contribution in [2.45, 2.75) is 55.9 Å². The number of rotatable bonds is 7. The van der Waals surface area contributed by atoms with Gasteiger partial charge in [-0.3, -0.25) is 14.6 Å². The minimum atomic E-state index is -3.49. The number of amides is 1. The van der Waals surface area contributed by atoms with E-state index in [2.05, 4.69) is 10.3 Å². The Morgan fingerprint density at radius 2 is 1.91 bits per heavy atom. The van der Waals surface area contributed by atoms with Crippen molar-refractivity contribution in [2.24, 2.45) is 5.92 Å². The Morgan fingerprint density at radius 1 is 1.16 bits per heavy atom. The highest BCUT2D eigenvalue weighted by atomic mass is 32.2. The second-order valence-electron chi connectivity index (χ2n) is 9.34. The number of carbonyl (C=O) groups excluding carboxylic acids is 2. The number of aromatic nitrogens is 1. The molecule has 2 aromatic rings. The number of nitrogens with zero attached hydrogens (tertiary/aromatic N) is 2. The topological polar surface area (TPSA) is 96.4 Å². The van der Waals surface area contributed by atoms with Crippen LogP contribution in [0.5, 0.6) is 0 Å². The number of hydrogen-bond acceptors (Lipinski definition) is 6. The fourth-order valence-electron chi connectivity index (χ4n) is 4.50. The Hall–Kier alpha value is -2.74. The van der Waals surface area contributed by atoms with E-state index < -0.39 is 9.84 Å². The van der Waals surface area contributed by atoms with E-state index in [1.165, 1.54) is 12.7 Å². The largest absolute Gasteiger partial charge is 0.354 e. The fourth-order valence-corrected chi connectivity index (χ4v) is 5.37. The molecule has 1 aromatic heterocycles. The summed E-state index contributed by atoms with van der Waals surface area (Å²) in [7, 11) is -1.79. The number of carbonyl (C=O) groups is 2. The van der Waals surface area contributed by atoms with Crippen molar-refractivity contribution in [1.29, 1.82) is 0 Å². The number of Topliss-reactive ketones (excluding diaryl/α,β-unsaturated/α-hetero) is 1. The molecule has 168 valence electrons. The summed E-state index contributed by atoms with van der Waals surface area (Å²) >= 11 is 0. The van der Waals surface area contributed by atoms with Gasteiger partial charge in [0.15, 0.2) is 9.84 Å². The SMILES string of the molecule is CN1Cc2nc(CC(=O)C3CC3)cc(Nc3ccc(C4CCC4)cc3S(C)(=O)=O)c2C1=O. The van der Waals surface area contributed by atoms with Gasteiger partial charge in [0.05, 0.1) is 39.8 Å². The standard InChI is InChI=1S/C24H27N3O4S/c1-27-13-20-23(24(27)29)19(11-17(25-20)12-21(28)15-6-7-15)26-18-9-8-16(14-4-3-5-14)10-22(18)32(2,30)31/h8-11,14-15H,3-7,12-13H2,1-2H3,(H,25,26). The molecule has 2 fully saturated rings. The second kappa shape index (κ2) is 7.69. The molecule has 3 aliphatic rings. The molecule has 1 N–H and O–H groups in total. The molecular weight excluding hydrogens is 426 g/mol. The van der Waals surface area contributed by atoms with Gasteiger partial charge in [0.1, 0.15) is 5.78 Å². The van der Waals surface area contributed by atoms with Crippen LogP contribution in [0.2, 0.25) is 0 Å². The second-order valence-corrected chi connectivity index (χ2v) is 11.3. The van der Waals surface area contributed by atoms with Crippen LogP contribution in [0.3, 0.4) is 0 Å². The zero-order valence-corrected chi connectivity index (χ0v) is 19.2. The van der Waals surface area contributed by atoms with Crippen LogP contribution in [0.25, 0.3) is 0 Å². The van der Waals surface area contributed by atoms with Crippen molar-refractivity contribution < 1.29 is 18.0 Å². The van der Waals surface area contributed by atoms with Crippen molar-refractivity contribution in [3.05, 3.63) is 46.8 Å². The van der Waals surface area contributed by atoms with Crippen LogP contribution in [0.4, 0.5) is 11.4 Å². The summed E-state index contributed by atoms with van der Waals surface area (Å²) in [6.45, 7) is 0.369. The molecule has 8 heteroatoms. The van der Waals surface area contributed by atoms with Crippen LogP contribution >= 0.6 is 0 Å². The Kier molecular flexibility index (Phi) is 5.08. The summed E-state index contributed by atoms with van der Waals surface area (Å²) in [5.41, 5.74) is 3.65. The van der Waals surface area contributed by atoms with Crippen LogP contribution < -0.4 is 5.32 Å². The van der Waals surface area contributed by atoms with Crippen molar-refractivity contribution in [2.75, 3.05) is 18.6 Å². The van der Waals surface area contributed by atoms with Gasteiger partial charge >= 0.3 is 0 Å². The number of sulfone groups is 1. The van der Waals surface area contributed by atoms with Gasteiger partial charge in [0, 0.05) is 25.6 Å². The highest BCUT2D eigenvalue weighted by Crippen LogP contribution is 2.40. The summed E-state index contributed by atoms with van der Waals surface area (Å²) in [4.78, 5) is 31.6. The minimum absolute atomic E-state index is 0.127. The molecule has 0 radical (unpaired) electrons. The number of ketones is 1. The molecular formula is C24H27N3O4S. The molecule has 0 saturated heterocycles. The van der Waals surface area contributed by atoms with E-state index >= 15 is 0 Å². The quantitative estimate of drug-likeness (QED) is 0.688. The van der Waals surface area contributed by atoms with E-state index in [4.69, 9.17) is 0 Å². The first-order chi connectivity index (χ1) is 15.2. The summed E-state index contributed by atoms with van der Waals surface area (Å²) in [5, 5.41) is 3.21. The predicted molar refractivity (Wildman–Crippen MR) is 121 cm³/mol. The van der Waals surface area contributed by atoms with Gasteiger partial charge in [-0.1, -0.05) is 12.5 Å². The van der Waals surface area contributed by atoms with Gasteiger partial charge in [-0.05, 0) is 55.4 Å². The van der Waals surface area contributed by atoms with E-state index in [0.717, 1.165) is 31.2 Å². The Labute approximate surface area is 188 Å². The van der Waals surface area contributed by atoms with E-state index in [0.29, 0.717) is 40.8 Å². The third-order valence-electron chi connectivity index (χ3n) is 6.73. The molecule has 5 rings (SSSR count). The van der Waals surface area contributed by atoms with E-state index in [9.17, 15) is 18.0 Å². The Bertz CT molecular complexity index is 1230. The number of anilines is 2. The zero-order chi connectivity index (χ0) is 22.6. The number of fused-ring (bicyclic) bond motifs is 1. The van der Waals surface area contributed by atoms with Crippen LogP contribution in [0, 0.1) is 5.92 Å². The lowest BCUT2D eigenvalue weighted by Gasteiger charge is -2.26. The van der Waals surface area contributed by atoms with Crippen LogP contribution in [-0.2, 0) is 27.6 Å². The first kappa shape index (κ1) is 21.1. The molecule has 1 aromatic carbocycles. The molecule has 0 spiro atoms. The van der Waals surface area contributed by atoms with E-state index in [1.807, 2.05) is 6.07 Å². The predicted octanol–water partition coefficient (Wildman–Crippen LogP) is 3.60. The van der Waals surface area contributed by atoms with Gasteiger partial charge < -0.3 is 10.2 Å². The molecule has 0 bridgehead atoms. The highest BCUT2D eigenvalue weighted by molar-refractivity contribution is 7.90. The molecule has 2 saturated carbocycles. The number of nitrogens with one attached hydrogen (secondary N) is 1. The maximum absolute atomic E-state index is 12.8. The molecule has 32 heavy (non-hydrogen) atoms. The molecule has 1 amide bonds. The monoisotopic (exact) mass is 453 g/mol. The van der Waals surface area contributed by atoms with Crippen LogP contribution in [-0.4, -0.2) is 43.3 Å². The Balaban J connectivity index is 1.55. The maximum atomic E-state index is 12.8. The average molecular weight is 454 g/mol. The Morgan fingerprint density at radius 3 is 2.53 bits per heavy atom. The number of benzene rings is 1. The molecule has 1 aliphatic heterocycles. The molecule has 2 aliphatic carbocycles. The van der Waals surface area contributed by atoms with Crippen LogP contribution in [0.15, 0.2) is 29.2 Å². The third-order valence-corrected chi connectivity index (χ3v) is 7.87. The average Bonchev–Trinajstić information content (AvgIpc) is 3.48.